The van der Waals surface area contributed by atoms with E-state index in [-0.39, 0.29) is 49.9 Å². The average Bonchev–Trinajstić information content (AvgIpc) is 4.15. The molecule has 1 N–H and O–H groups in total. The van der Waals surface area contributed by atoms with E-state index < -0.39 is 23.2 Å². The molecular weight excluding hydrogens is 771 g/mol. The summed E-state index contributed by atoms with van der Waals surface area (Å²) in [6.07, 6.45) is 10.4. The van der Waals surface area contributed by atoms with E-state index in [9.17, 15) is 28.8 Å². The van der Waals surface area contributed by atoms with Crippen molar-refractivity contribution < 1.29 is 28.6 Å². The third-order valence-electron chi connectivity index (χ3n) is 11.9. The van der Waals surface area contributed by atoms with E-state index in [1.165, 1.54) is 13.7 Å². The van der Waals surface area contributed by atoms with Crippen molar-refractivity contribution in [1.29, 1.82) is 0 Å². The van der Waals surface area contributed by atoms with Crippen molar-refractivity contribution in [2.45, 2.75) is 200 Å². The number of unbranched alkanes of at least 4 members (excludes halogenated alkanes) is 11. The van der Waals surface area contributed by atoms with E-state index in [2.05, 4.69) is 40.8 Å². The van der Waals surface area contributed by atoms with Gasteiger partial charge in [0.1, 0.15) is 18.3 Å². The van der Waals surface area contributed by atoms with Crippen molar-refractivity contribution in [3.8, 4) is 0 Å². The first-order valence-electron chi connectivity index (χ1n) is 23.2. The molecule has 4 heterocycles. The van der Waals surface area contributed by atoms with E-state index in [4.69, 9.17) is 14.2 Å². The van der Waals surface area contributed by atoms with E-state index >= 15 is 0 Å². The van der Waals surface area contributed by atoms with Crippen LogP contribution in [0.2, 0.25) is 0 Å². The normalized spacial score (nSPS) is 23.0. The lowest BCUT2D eigenvalue weighted by Crippen LogP contribution is -2.54. The summed E-state index contributed by atoms with van der Waals surface area (Å²) in [6.45, 7) is 18.8. The van der Waals surface area contributed by atoms with E-state index in [0.717, 1.165) is 110 Å². The highest BCUT2D eigenvalue weighted by atomic mass is 16.6. The number of esters is 2. The Morgan fingerprint density at radius 1 is 0.500 bits per heavy atom. The van der Waals surface area contributed by atoms with Crippen LogP contribution in [0.25, 0.3) is 0 Å². The van der Waals surface area contributed by atoms with E-state index in [1.807, 2.05) is 20.8 Å². The topological polar surface area (TPSA) is 166 Å². The van der Waals surface area contributed by atoms with Gasteiger partial charge in [-0.3, -0.25) is 24.3 Å². The first kappa shape index (κ1) is 49.2. The first-order chi connectivity index (χ1) is 28.7. The Bertz CT molecular complexity index is 1460. The number of carbonyl (C=O) groups excluding carboxylic acids is 3. The smallest absolute Gasteiger partial charge is 0.407 e. The number of nitrogens with zero attached hydrogens (tertiary/aromatic N) is 6. The van der Waals surface area contributed by atoms with E-state index in [1.54, 1.807) is 0 Å². The van der Waals surface area contributed by atoms with Gasteiger partial charge in [-0.05, 0) is 80.1 Å². The number of hydrogen-bond donors (Lipinski definition) is 1. The van der Waals surface area contributed by atoms with Crippen molar-refractivity contribution in [3.05, 3.63) is 31.5 Å². The molecule has 0 spiro atoms. The number of ether oxygens (including phenoxy) is 3. The van der Waals surface area contributed by atoms with Crippen LogP contribution in [0.3, 0.4) is 0 Å². The predicted molar refractivity (Wildman–Crippen MR) is 231 cm³/mol. The van der Waals surface area contributed by atoms with Crippen LogP contribution >= 0.6 is 0 Å². The maximum Gasteiger partial charge on any atom is 0.407 e. The van der Waals surface area contributed by atoms with Crippen molar-refractivity contribution in [2.24, 2.45) is 0 Å². The molecule has 16 nitrogen and oxygen atoms in total. The Balaban J connectivity index is 1.19. The largest absolute Gasteiger partial charge is 0.461 e. The number of rotatable bonds is 32. The lowest BCUT2D eigenvalue weighted by Gasteiger charge is -2.15. The predicted octanol–water partition coefficient (Wildman–Crippen LogP) is 4.50. The molecule has 0 aliphatic carbocycles. The van der Waals surface area contributed by atoms with Crippen LogP contribution in [-0.2, 0) is 43.4 Å². The Morgan fingerprint density at radius 3 is 1.15 bits per heavy atom. The quantitative estimate of drug-likeness (QED) is 0.0468. The van der Waals surface area contributed by atoms with Crippen LogP contribution in [0, 0.1) is 0 Å². The fourth-order valence-corrected chi connectivity index (χ4v) is 7.87. The van der Waals surface area contributed by atoms with E-state index in [0.29, 0.717) is 56.8 Å². The summed E-state index contributed by atoms with van der Waals surface area (Å²) in [5.41, 5.74) is -1.72. The number of carbonyl (C=O) groups is 3. The molecule has 3 aliphatic heterocycles. The average molecular weight is 848 g/mol. The number of aromatic nitrogens is 3. The molecule has 0 radical (unpaired) electrons. The Morgan fingerprint density at radius 2 is 0.800 bits per heavy atom. The summed E-state index contributed by atoms with van der Waals surface area (Å²) in [5.74, 6) is -0.348. The standard InChI is InChI=1S/C44H77N7O9/c1-33-27-46(33)30-36(4)58-39(52)21-15-9-7-12-18-24-49-42(55)50(25-19-13-8-10-16-22-40(53)59-37(5)31-47-28-34(47)2)44(57)51(43(49)56)26-20-14-11-17-23-45-41(54)60-38(6)32-48-29-35(48)3/h33-38H,7-32H2,1-6H3,(H,45,54). The van der Waals surface area contributed by atoms with Crippen molar-refractivity contribution >= 4 is 18.0 Å². The van der Waals surface area contributed by atoms with Crippen molar-refractivity contribution in [1.82, 2.24) is 33.7 Å². The number of nitrogens with one attached hydrogen (secondary N) is 1. The van der Waals surface area contributed by atoms with Crippen LogP contribution in [0.15, 0.2) is 14.4 Å². The molecule has 1 amide bonds. The zero-order valence-corrected chi connectivity index (χ0v) is 37.7. The van der Waals surface area contributed by atoms with Gasteiger partial charge in [-0.25, -0.2) is 32.9 Å². The second-order valence-electron chi connectivity index (χ2n) is 17.9. The summed E-state index contributed by atoms with van der Waals surface area (Å²) in [6, 6.07) is 1.70. The van der Waals surface area contributed by atoms with Crippen LogP contribution in [0.5, 0.6) is 0 Å². The summed E-state index contributed by atoms with van der Waals surface area (Å²) >= 11 is 0. The molecule has 3 fully saturated rings. The SMILES string of the molecule is CC(CN1CC1C)OC(=O)CCCCCCCn1c(=O)n(CCCCCCCC(=O)OC(C)CN2CC2C)c(=O)n(CCCCCCNC(=O)OC(C)CN2CC2C)c1=O. The van der Waals surface area contributed by atoms with Crippen LogP contribution < -0.4 is 22.4 Å². The molecule has 60 heavy (non-hydrogen) atoms. The molecule has 3 saturated heterocycles. The van der Waals surface area contributed by atoms with Gasteiger partial charge in [-0.1, -0.05) is 51.4 Å². The zero-order chi connectivity index (χ0) is 43.6. The molecule has 16 heteroatoms. The molecule has 342 valence electrons. The third kappa shape index (κ3) is 18.2. The van der Waals surface area contributed by atoms with Gasteiger partial charge in [-0.2, -0.15) is 0 Å². The zero-order valence-electron chi connectivity index (χ0n) is 37.7. The number of alkyl carbamates (subject to hydrolysis) is 1. The number of amides is 1. The fourth-order valence-electron chi connectivity index (χ4n) is 7.87. The molecule has 4 rings (SSSR count). The Hall–Kier alpha value is -3.50. The Kier molecular flexibility index (Phi) is 20.8. The minimum Gasteiger partial charge on any atom is -0.461 e. The highest BCUT2D eigenvalue weighted by Crippen LogP contribution is 2.19. The van der Waals surface area contributed by atoms with Gasteiger partial charge in [0, 0.05) is 96.4 Å². The minimum atomic E-state index is -0.574. The monoisotopic (exact) mass is 848 g/mol. The van der Waals surface area contributed by atoms with Gasteiger partial charge in [0.2, 0.25) is 0 Å². The first-order valence-corrected chi connectivity index (χ1v) is 23.2. The summed E-state index contributed by atoms with van der Waals surface area (Å²) in [5, 5.41) is 2.81. The number of hydrogen-bond acceptors (Lipinski definition) is 12. The van der Waals surface area contributed by atoms with Crippen molar-refractivity contribution in [3.63, 3.8) is 0 Å². The molecule has 0 aromatic carbocycles. The van der Waals surface area contributed by atoms with Crippen LogP contribution in [0.1, 0.15) is 144 Å². The molecule has 1 aromatic heterocycles. The maximum absolute atomic E-state index is 13.6. The van der Waals surface area contributed by atoms with Gasteiger partial charge in [0.15, 0.2) is 0 Å². The molecule has 3 aliphatic rings. The molecular formula is C44H77N7O9. The second kappa shape index (κ2) is 25.4. The van der Waals surface area contributed by atoms with Gasteiger partial charge >= 0.3 is 35.1 Å². The van der Waals surface area contributed by atoms with Gasteiger partial charge in [0.25, 0.3) is 0 Å². The van der Waals surface area contributed by atoms with Gasteiger partial charge in [0.05, 0.1) is 0 Å². The minimum absolute atomic E-state index is 0.115. The summed E-state index contributed by atoms with van der Waals surface area (Å²) in [4.78, 5) is 84.2. The molecule has 9 unspecified atom stereocenters. The Labute approximate surface area is 357 Å². The van der Waals surface area contributed by atoms with Crippen LogP contribution in [-0.4, -0.2) is 129 Å². The van der Waals surface area contributed by atoms with Gasteiger partial charge in [-0.15, -0.1) is 0 Å². The van der Waals surface area contributed by atoms with Crippen LogP contribution in [0.4, 0.5) is 4.79 Å². The lowest BCUT2D eigenvalue weighted by molar-refractivity contribution is -0.149. The maximum atomic E-state index is 13.6. The highest BCUT2D eigenvalue weighted by molar-refractivity contribution is 5.69. The van der Waals surface area contributed by atoms with Gasteiger partial charge < -0.3 is 19.5 Å². The second-order valence-corrected chi connectivity index (χ2v) is 17.9. The molecule has 0 saturated carbocycles. The summed E-state index contributed by atoms with van der Waals surface area (Å²) in [7, 11) is 0. The summed E-state index contributed by atoms with van der Waals surface area (Å²) < 4.78 is 20.1. The lowest BCUT2D eigenvalue weighted by atomic mass is 10.1. The van der Waals surface area contributed by atoms with Crippen molar-refractivity contribution in [2.75, 3.05) is 45.8 Å². The third-order valence-corrected chi connectivity index (χ3v) is 11.9. The molecule has 9 atom stereocenters. The molecule has 1 aromatic rings. The molecule has 0 bridgehead atoms. The fraction of sp³-hybridized carbons (Fsp3) is 0.864. The highest BCUT2D eigenvalue weighted by Gasteiger charge is 2.32.